The summed E-state index contributed by atoms with van der Waals surface area (Å²) in [6, 6.07) is 0. The van der Waals surface area contributed by atoms with Gasteiger partial charge in [0.2, 0.25) is 0 Å². The summed E-state index contributed by atoms with van der Waals surface area (Å²) in [7, 11) is -2.42. The lowest BCUT2D eigenvalue weighted by atomic mass is 9.79. The first-order valence-corrected chi connectivity index (χ1v) is 7.47. The first-order chi connectivity index (χ1) is 8.35. The van der Waals surface area contributed by atoms with Gasteiger partial charge in [-0.25, -0.2) is 0 Å². The molecule has 102 valence electrons. The van der Waals surface area contributed by atoms with E-state index in [-0.39, 0.29) is 6.10 Å². The lowest BCUT2D eigenvalue weighted by molar-refractivity contribution is -0.166. The van der Waals surface area contributed by atoms with Gasteiger partial charge >= 0.3 is 0 Å². The average molecular weight is 277 g/mol. The van der Waals surface area contributed by atoms with E-state index in [4.69, 9.17) is 4.74 Å². The van der Waals surface area contributed by atoms with Crippen LogP contribution in [-0.2, 0) is 28.7 Å². The Labute approximate surface area is 105 Å². The van der Waals surface area contributed by atoms with Crippen LogP contribution in [0.4, 0.5) is 0 Å². The van der Waals surface area contributed by atoms with Gasteiger partial charge in [-0.15, -0.1) is 9.35 Å². The minimum atomic E-state index is -3.90. The van der Waals surface area contributed by atoms with Gasteiger partial charge in [-0.05, 0) is 12.8 Å². The molecule has 3 atom stereocenters. The van der Waals surface area contributed by atoms with Crippen LogP contribution >= 0.6 is 0 Å². The van der Waals surface area contributed by atoms with Crippen LogP contribution in [0.2, 0.25) is 0 Å². The van der Waals surface area contributed by atoms with Crippen LogP contribution in [0, 0.1) is 11.8 Å². The number of nitrogens with zero attached hydrogens (tertiary/aromatic N) is 1. The van der Waals surface area contributed by atoms with Crippen LogP contribution in [0.3, 0.4) is 0 Å². The number of carbonyl (C=O) groups is 2. The molecule has 1 saturated carbocycles. The summed E-state index contributed by atoms with van der Waals surface area (Å²) in [5.74, 6) is -2.37. The largest absolute Gasteiger partial charge is 0.381 e. The molecular weight excluding hydrogens is 262 g/mol. The Kier molecular flexibility index (Phi) is 3.43. The molecule has 1 heterocycles. The molecule has 0 aromatic carbocycles. The zero-order valence-corrected chi connectivity index (χ0v) is 11.0. The lowest BCUT2D eigenvalue weighted by Gasteiger charge is -2.28. The molecule has 0 bridgehead atoms. The van der Waals surface area contributed by atoms with Crippen molar-refractivity contribution >= 4 is 21.9 Å². The number of amides is 2. The molecular formula is C10H15NO6S. The van der Waals surface area contributed by atoms with E-state index in [0.717, 1.165) is 12.7 Å². The van der Waals surface area contributed by atoms with Crippen molar-refractivity contribution in [2.45, 2.75) is 25.4 Å². The zero-order valence-electron chi connectivity index (χ0n) is 10.2. The fraction of sp³-hybridized carbons (Fsp3) is 0.800. The summed E-state index contributed by atoms with van der Waals surface area (Å²) in [4.78, 5) is 24.0. The third-order valence-electron chi connectivity index (χ3n) is 3.35. The fourth-order valence-electron chi connectivity index (χ4n) is 2.63. The molecule has 0 aromatic heterocycles. The van der Waals surface area contributed by atoms with E-state index in [0.29, 0.717) is 17.9 Å². The first kappa shape index (κ1) is 13.4. The second-order valence-electron chi connectivity index (χ2n) is 4.59. The maximum Gasteiger partial charge on any atom is 0.285 e. The molecule has 0 spiro atoms. The SMILES string of the molecule is COC1CCCC2C(=O)N(OS(C)(=O)=O)C(=O)C12. The number of carbonyl (C=O) groups excluding carboxylic acids is 2. The van der Waals surface area contributed by atoms with Crippen molar-refractivity contribution in [3.8, 4) is 0 Å². The van der Waals surface area contributed by atoms with Crippen LogP contribution in [0.25, 0.3) is 0 Å². The first-order valence-electron chi connectivity index (χ1n) is 5.65. The molecule has 7 nitrogen and oxygen atoms in total. The number of imide groups is 1. The Morgan fingerprint density at radius 1 is 1.22 bits per heavy atom. The van der Waals surface area contributed by atoms with Gasteiger partial charge in [0.1, 0.15) is 0 Å². The van der Waals surface area contributed by atoms with Crippen molar-refractivity contribution in [3.05, 3.63) is 0 Å². The van der Waals surface area contributed by atoms with Gasteiger partial charge in [0, 0.05) is 7.11 Å². The Hall–Kier alpha value is -0.990. The number of hydroxylamine groups is 2. The summed E-state index contributed by atoms with van der Waals surface area (Å²) in [5.41, 5.74) is 0. The van der Waals surface area contributed by atoms with Crippen molar-refractivity contribution in [2.24, 2.45) is 11.8 Å². The molecule has 0 N–H and O–H groups in total. The molecule has 0 aromatic rings. The summed E-state index contributed by atoms with van der Waals surface area (Å²) in [6.45, 7) is 0. The molecule has 2 fully saturated rings. The average Bonchev–Trinajstić information content (AvgIpc) is 2.53. The van der Waals surface area contributed by atoms with Gasteiger partial charge < -0.3 is 4.74 Å². The maximum atomic E-state index is 12.0. The number of fused-ring (bicyclic) bond motifs is 1. The zero-order chi connectivity index (χ0) is 13.5. The van der Waals surface area contributed by atoms with E-state index in [1.807, 2.05) is 0 Å². The molecule has 1 saturated heterocycles. The molecule has 3 unspecified atom stereocenters. The highest BCUT2D eigenvalue weighted by Gasteiger charge is 2.54. The molecule has 0 radical (unpaired) electrons. The van der Waals surface area contributed by atoms with Gasteiger partial charge in [0.15, 0.2) is 0 Å². The van der Waals surface area contributed by atoms with Crippen LogP contribution < -0.4 is 0 Å². The van der Waals surface area contributed by atoms with E-state index in [1.165, 1.54) is 7.11 Å². The lowest BCUT2D eigenvalue weighted by Crippen LogP contribution is -2.37. The third-order valence-corrected chi connectivity index (χ3v) is 3.77. The van der Waals surface area contributed by atoms with Gasteiger partial charge in [-0.2, -0.15) is 8.42 Å². The smallest absolute Gasteiger partial charge is 0.285 e. The summed E-state index contributed by atoms with van der Waals surface area (Å²) >= 11 is 0. The molecule has 2 rings (SSSR count). The van der Waals surface area contributed by atoms with E-state index in [1.54, 1.807) is 0 Å². The molecule has 1 aliphatic heterocycles. The predicted octanol–water partition coefficient (Wildman–Crippen LogP) is -0.322. The molecule has 18 heavy (non-hydrogen) atoms. The maximum absolute atomic E-state index is 12.0. The summed E-state index contributed by atoms with van der Waals surface area (Å²) in [5, 5.41) is 0.377. The molecule has 2 aliphatic rings. The number of hydrogen-bond acceptors (Lipinski definition) is 6. The van der Waals surface area contributed by atoms with Crippen molar-refractivity contribution < 1.29 is 27.0 Å². The Morgan fingerprint density at radius 3 is 2.44 bits per heavy atom. The van der Waals surface area contributed by atoms with E-state index in [9.17, 15) is 18.0 Å². The van der Waals surface area contributed by atoms with Crippen molar-refractivity contribution in [3.63, 3.8) is 0 Å². The molecule has 8 heteroatoms. The second-order valence-corrected chi connectivity index (χ2v) is 6.14. The highest BCUT2D eigenvalue weighted by molar-refractivity contribution is 7.85. The standard InChI is InChI=1S/C10H15NO6S/c1-16-7-5-3-4-6-8(7)10(13)11(9(6)12)17-18(2,14)15/h6-8H,3-5H2,1-2H3. The van der Waals surface area contributed by atoms with Gasteiger partial charge in [0.25, 0.3) is 21.9 Å². The number of methoxy groups -OCH3 is 1. The van der Waals surface area contributed by atoms with Gasteiger partial charge in [-0.1, -0.05) is 6.42 Å². The van der Waals surface area contributed by atoms with Crippen LogP contribution in [-0.4, -0.2) is 44.8 Å². The summed E-state index contributed by atoms with van der Waals surface area (Å²) < 4.78 is 31.7. The van der Waals surface area contributed by atoms with Gasteiger partial charge in [0.05, 0.1) is 24.2 Å². The van der Waals surface area contributed by atoms with Crippen molar-refractivity contribution in [2.75, 3.05) is 13.4 Å². The Morgan fingerprint density at radius 2 is 1.89 bits per heavy atom. The van der Waals surface area contributed by atoms with Gasteiger partial charge in [-0.3, -0.25) is 9.59 Å². The fourth-order valence-corrected chi connectivity index (χ4v) is 3.05. The Bertz CT molecular complexity index is 473. The van der Waals surface area contributed by atoms with E-state index < -0.39 is 33.8 Å². The number of hydrogen-bond donors (Lipinski definition) is 0. The minimum Gasteiger partial charge on any atom is -0.381 e. The third kappa shape index (κ3) is 2.27. The van der Waals surface area contributed by atoms with Crippen molar-refractivity contribution in [1.29, 1.82) is 0 Å². The predicted molar refractivity (Wildman–Crippen MR) is 59.4 cm³/mol. The quantitative estimate of drug-likeness (QED) is 0.657. The van der Waals surface area contributed by atoms with Crippen molar-refractivity contribution in [1.82, 2.24) is 5.06 Å². The Balaban J connectivity index is 2.27. The van der Waals surface area contributed by atoms with E-state index in [2.05, 4.69) is 4.28 Å². The van der Waals surface area contributed by atoms with Crippen LogP contribution in [0.15, 0.2) is 0 Å². The number of ether oxygens (including phenoxy) is 1. The van der Waals surface area contributed by atoms with Crippen LogP contribution in [0.1, 0.15) is 19.3 Å². The minimum absolute atomic E-state index is 0.353. The topological polar surface area (TPSA) is 90.0 Å². The highest BCUT2D eigenvalue weighted by Crippen LogP contribution is 2.39. The number of rotatable bonds is 3. The molecule has 2 amide bonds. The summed E-state index contributed by atoms with van der Waals surface area (Å²) in [6.07, 6.45) is 2.45. The normalized spacial score (nSPS) is 32.8. The highest BCUT2D eigenvalue weighted by atomic mass is 32.2. The monoisotopic (exact) mass is 277 g/mol. The van der Waals surface area contributed by atoms with E-state index >= 15 is 0 Å². The second kappa shape index (κ2) is 4.60. The molecule has 1 aliphatic carbocycles. The van der Waals surface area contributed by atoms with Crippen LogP contribution in [0.5, 0.6) is 0 Å².